The molecule has 1 atom stereocenters. The third-order valence-electron chi connectivity index (χ3n) is 2.64. The van der Waals surface area contributed by atoms with Gasteiger partial charge in [-0.3, -0.25) is 0 Å². The van der Waals surface area contributed by atoms with Crippen molar-refractivity contribution in [3.8, 4) is 11.4 Å². The van der Waals surface area contributed by atoms with E-state index in [1.807, 2.05) is 14.0 Å². The van der Waals surface area contributed by atoms with Gasteiger partial charge in [0.1, 0.15) is 12.4 Å². The Morgan fingerprint density at radius 1 is 1.39 bits per heavy atom. The normalized spacial score (nSPS) is 12.4. The van der Waals surface area contributed by atoms with Crippen molar-refractivity contribution in [2.24, 2.45) is 0 Å². The molecule has 1 heterocycles. The number of benzene rings is 1. The first kappa shape index (κ1) is 12.6. The largest absolute Gasteiger partial charge is 0.489 e. The summed E-state index contributed by atoms with van der Waals surface area (Å²) in [6.07, 6.45) is 3.42. The summed E-state index contributed by atoms with van der Waals surface area (Å²) >= 11 is 0. The molecule has 0 aliphatic carbocycles. The highest BCUT2D eigenvalue weighted by Gasteiger charge is 2.04. The first-order valence-electron chi connectivity index (χ1n) is 5.79. The highest BCUT2D eigenvalue weighted by molar-refractivity contribution is 5.32. The molecule has 0 radical (unpaired) electrons. The third-order valence-corrected chi connectivity index (χ3v) is 2.64. The lowest BCUT2D eigenvalue weighted by Gasteiger charge is -2.09. The first-order chi connectivity index (χ1) is 8.69. The monoisotopic (exact) mass is 249 g/mol. The number of ether oxygens (including phenoxy) is 1. The minimum absolute atomic E-state index is 0.259. The summed E-state index contributed by atoms with van der Waals surface area (Å²) in [5.41, 5.74) is 0.799. The lowest BCUT2D eigenvalue weighted by molar-refractivity contribution is 0.280. The van der Waals surface area contributed by atoms with Crippen molar-refractivity contribution in [1.29, 1.82) is 0 Å². The highest BCUT2D eigenvalue weighted by Crippen LogP contribution is 2.14. The molecule has 1 aromatic carbocycles. The zero-order chi connectivity index (χ0) is 13.0. The number of aromatic nitrogens is 2. The van der Waals surface area contributed by atoms with Crippen molar-refractivity contribution in [2.75, 3.05) is 13.7 Å². The van der Waals surface area contributed by atoms with Gasteiger partial charge in [0.2, 0.25) is 0 Å². The lowest BCUT2D eigenvalue weighted by Crippen LogP contribution is -2.28. The predicted molar refractivity (Wildman–Crippen MR) is 67.5 cm³/mol. The summed E-state index contributed by atoms with van der Waals surface area (Å²) in [5.74, 6) is 0.437. The van der Waals surface area contributed by atoms with E-state index in [-0.39, 0.29) is 11.9 Å². The summed E-state index contributed by atoms with van der Waals surface area (Å²) in [4.78, 5) is 0. The van der Waals surface area contributed by atoms with E-state index in [1.54, 1.807) is 29.2 Å². The van der Waals surface area contributed by atoms with E-state index >= 15 is 0 Å². The molecule has 96 valence electrons. The maximum Gasteiger partial charge on any atom is 0.157 e. The van der Waals surface area contributed by atoms with E-state index in [1.165, 1.54) is 12.1 Å². The zero-order valence-corrected chi connectivity index (χ0v) is 10.4. The van der Waals surface area contributed by atoms with Crippen molar-refractivity contribution < 1.29 is 9.13 Å². The molecule has 18 heavy (non-hydrogen) atoms. The summed E-state index contributed by atoms with van der Waals surface area (Å²) in [5, 5.41) is 7.25. The average Bonchev–Trinajstić information content (AvgIpc) is 2.85. The summed E-state index contributed by atoms with van der Waals surface area (Å²) in [7, 11) is 1.88. The van der Waals surface area contributed by atoms with Gasteiger partial charge < -0.3 is 10.1 Å². The highest BCUT2D eigenvalue weighted by atomic mass is 19.1. The van der Waals surface area contributed by atoms with Gasteiger partial charge in [-0.05, 0) is 38.2 Å². The molecule has 0 amide bonds. The Hall–Kier alpha value is -1.88. The Kier molecular flexibility index (Phi) is 3.94. The molecule has 0 spiro atoms. The second-order valence-electron chi connectivity index (χ2n) is 4.10. The fourth-order valence-electron chi connectivity index (χ4n) is 1.42. The van der Waals surface area contributed by atoms with Crippen LogP contribution in [0.4, 0.5) is 4.39 Å². The summed E-state index contributed by atoms with van der Waals surface area (Å²) in [6, 6.07) is 6.42. The first-order valence-corrected chi connectivity index (χ1v) is 5.79. The molecule has 1 unspecified atom stereocenters. The van der Waals surface area contributed by atoms with Crippen LogP contribution in [-0.2, 0) is 0 Å². The summed E-state index contributed by atoms with van der Waals surface area (Å²) < 4.78 is 20.0. The molecular weight excluding hydrogens is 233 g/mol. The SMILES string of the molecule is CNC(C)COc1cnn(-c2ccc(F)cc2)c1. The van der Waals surface area contributed by atoms with Crippen LogP contribution in [0.1, 0.15) is 6.92 Å². The van der Waals surface area contributed by atoms with Gasteiger partial charge in [-0.15, -0.1) is 0 Å². The molecule has 2 aromatic rings. The number of rotatable bonds is 5. The Morgan fingerprint density at radius 3 is 2.78 bits per heavy atom. The van der Waals surface area contributed by atoms with E-state index in [9.17, 15) is 4.39 Å². The van der Waals surface area contributed by atoms with Crippen molar-refractivity contribution in [2.45, 2.75) is 13.0 Å². The number of nitrogens with one attached hydrogen (secondary N) is 1. The topological polar surface area (TPSA) is 39.1 Å². The number of likely N-dealkylation sites (N-methyl/N-ethyl adjacent to an activating group) is 1. The van der Waals surface area contributed by atoms with E-state index < -0.39 is 0 Å². The molecule has 2 rings (SSSR count). The van der Waals surface area contributed by atoms with Crippen LogP contribution in [0.25, 0.3) is 5.69 Å². The Labute approximate surface area is 105 Å². The average molecular weight is 249 g/mol. The molecule has 0 bridgehead atoms. The van der Waals surface area contributed by atoms with Gasteiger partial charge in [-0.1, -0.05) is 0 Å². The second-order valence-corrected chi connectivity index (χ2v) is 4.10. The van der Waals surface area contributed by atoms with Gasteiger partial charge in [-0.25, -0.2) is 9.07 Å². The number of halogens is 1. The number of nitrogens with zero attached hydrogens (tertiary/aromatic N) is 2. The van der Waals surface area contributed by atoms with Gasteiger partial charge in [0.15, 0.2) is 5.75 Å². The van der Waals surface area contributed by atoms with Crippen LogP contribution < -0.4 is 10.1 Å². The van der Waals surface area contributed by atoms with E-state index in [0.717, 1.165) is 5.69 Å². The molecule has 1 N–H and O–H groups in total. The van der Waals surface area contributed by atoms with E-state index in [0.29, 0.717) is 12.4 Å². The van der Waals surface area contributed by atoms with Gasteiger partial charge in [0.25, 0.3) is 0 Å². The van der Waals surface area contributed by atoms with E-state index in [2.05, 4.69) is 10.4 Å². The molecule has 0 saturated carbocycles. The van der Waals surface area contributed by atoms with Crippen LogP contribution in [0.3, 0.4) is 0 Å². The van der Waals surface area contributed by atoms with E-state index in [4.69, 9.17) is 4.74 Å². The molecule has 1 aromatic heterocycles. The zero-order valence-electron chi connectivity index (χ0n) is 10.4. The quantitative estimate of drug-likeness (QED) is 0.881. The van der Waals surface area contributed by atoms with Gasteiger partial charge >= 0.3 is 0 Å². The lowest BCUT2D eigenvalue weighted by atomic mass is 10.3. The Morgan fingerprint density at radius 2 is 2.11 bits per heavy atom. The molecule has 0 saturated heterocycles. The molecule has 5 heteroatoms. The Bertz CT molecular complexity index is 495. The van der Waals surface area contributed by atoms with Crippen LogP contribution in [0.15, 0.2) is 36.7 Å². The maximum atomic E-state index is 12.8. The minimum atomic E-state index is -0.259. The minimum Gasteiger partial charge on any atom is -0.489 e. The van der Waals surface area contributed by atoms with Crippen LogP contribution in [0, 0.1) is 5.82 Å². The van der Waals surface area contributed by atoms with Crippen molar-refractivity contribution in [3.63, 3.8) is 0 Å². The van der Waals surface area contributed by atoms with Gasteiger partial charge in [-0.2, -0.15) is 5.10 Å². The van der Waals surface area contributed by atoms with Crippen LogP contribution in [0.5, 0.6) is 5.75 Å². The van der Waals surface area contributed by atoms with Crippen molar-refractivity contribution >= 4 is 0 Å². The van der Waals surface area contributed by atoms with Crippen LogP contribution >= 0.6 is 0 Å². The van der Waals surface area contributed by atoms with Gasteiger partial charge in [0.05, 0.1) is 18.1 Å². The predicted octanol–water partition coefficient (Wildman–Crippen LogP) is 2.00. The molecule has 0 fully saturated rings. The van der Waals surface area contributed by atoms with Crippen LogP contribution in [-0.4, -0.2) is 29.5 Å². The van der Waals surface area contributed by atoms with Crippen molar-refractivity contribution in [3.05, 3.63) is 42.5 Å². The van der Waals surface area contributed by atoms with Crippen molar-refractivity contribution in [1.82, 2.24) is 15.1 Å². The van der Waals surface area contributed by atoms with Crippen LogP contribution in [0.2, 0.25) is 0 Å². The van der Waals surface area contributed by atoms with Gasteiger partial charge in [0, 0.05) is 6.04 Å². The Balaban J connectivity index is 2.03. The fourth-order valence-corrected chi connectivity index (χ4v) is 1.42. The maximum absolute atomic E-state index is 12.8. The smallest absolute Gasteiger partial charge is 0.157 e. The molecule has 0 aliphatic heterocycles. The standard InChI is InChI=1S/C13H16FN3O/c1-10(15-2)9-18-13-7-16-17(8-13)12-5-3-11(14)4-6-12/h3-8,10,15H,9H2,1-2H3. The third kappa shape index (κ3) is 3.07. The number of hydrogen-bond acceptors (Lipinski definition) is 3. The molecule has 4 nitrogen and oxygen atoms in total. The molecule has 0 aliphatic rings. The second kappa shape index (κ2) is 5.64. The number of hydrogen-bond donors (Lipinski definition) is 1. The summed E-state index contributed by atoms with van der Waals surface area (Å²) in [6.45, 7) is 2.61. The molecular formula is C13H16FN3O. The fraction of sp³-hybridized carbons (Fsp3) is 0.308.